The summed E-state index contributed by atoms with van der Waals surface area (Å²) in [6, 6.07) is 14.6. The molecule has 2 aromatic carbocycles. The summed E-state index contributed by atoms with van der Waals surface area (Å²) in [7, 11) is 1.29. The van der Waals surface area contributed by atoms with Crippen LogP contribution in [-0.4, -0.2) is 43.8 Å². The summed E-state index contributed by atoms with van der Waals surface area (Å²) in [5.41, 5.74) is 4.53. The van der Waals surface area contributed by atoms with Gasteiger partial charge in [0.15, 0.2) is 0 Å². The number of esters is 1. The Bertz CT molecular complexity index is 1000. The monoisotopic (exact) mass is 480 g/mol. The molecule has 7 nitrogen and oxygen atoms in total. The average Bonchev–Trinajstić information content (AvgIpc) is 3.14. The van der Waals surface area contributed by atoms with Gasteiger partial charge in [-0.05, 0) is 46.9 Å². The Morgan fingerprint density at radius 1 is 0.800 bits per heavy atom. The van der Waals surface area contributed by atoms with Crippen LogP contribution in [0.5, 0.6) is 0 Å². The lowest BCUT2D eigenvalue weighted by atomic mass is 9.98. The lowest BCUT2D eigenvalue weighted by Crippen LogP contribution is -2.52. The van der Waals surface area contributed by atoms with Crippen molar-refractivity contribution >= 4 is 18.0 Å². The van der Waals surface area contributed by atoms with Crippen molar-refractivity contribution in [2.75, 3.05) is 13.7 Å². The van der Waals surface area contributed by atoms with E-state index in [9.17, 15) is 14.4 Å². The molecule has 0 spiro atoms. The van der Waals surface area contributed by atoms with E-state index in [-0.39, 0.29) is 24.4 Å². The fourth-order valence-electron chi connectivity index (χ4n) is 4.59. The van der Waals surface area contributed by atoms with Crippen LogP contribution < -0.4 is 10.6 Å². The molecule has 0 saturated carbocycles. The number of hydrogen-bond acceptors (Lipinski definition) is 5. The Morgan fingerprint density at radius 2 is 1.31 bits per heavy atom. The van der Waals surface area contributed by atoms with Gasteiger partial charge in [0, 0.05) is 5.92 Å². The molecule has 2 aromatic rings. The van der Waals surface area contributed by atoms with E-state index in [1.54, 1.807) is 0 Å². The van der Waals surface area contributed by atoms with E-state index in [1.165, 1.54) is 7.11 Å². The van der Waals surface area contributed by atoms with Crippen LogP contribution in [0.2, 0.25) is 0 Å². The van der Waals surface area contributed by atoms with E-state index in [0.29, 0.717) is 12.8 Å². The molecular weight excluding hydrogens is 444 g/mol. The maximum atomic E-state index is 13.0. The van der Waals surface area contributed by atoms with Crippen molar-refractivity contribution in [1.29, 1.82) is 0 Å². The Hall–Kier alpha value is -3.35. The lowest BCUT2D eigenvalue weighted by molar-refractivity contribution is -0.145. The third-order valence-corrected chi connectivity index (χ3v) is 6.17. The van der Waals surface area contributed by atoms with Gasteiger partial charge in [-0.3, -0.25) is 4.79 Å². The van der Waals surface area contributed by atoms with Gasteiger partial charge in [-0.2, -0.15) is 0 Å². The topological polar surface area (TPSA) is 93.7 Å². The summed E-state index contributed by atoms with van der Waals surface area (Å²) in [6.07, 6.45) is 0.190. The van der Waals surface area contributed by atoms with Crippen LogP contribution in [0.15, 0.2) is 48.5 Å². The average molecular weight is 481 g/mol. The van der Waals surface area contributed by atoms with Crippen LogP contribution in [0.25, 0.3) is 11.1 Å². The fraction of sp³-hybridized carbons (Fsp3) is 0.464. The highest BCUT2D eigenvalue weighted by Gasteiger charge is 2.31. The molecular formula is C28H36N2O5. The number of fused-ring (bicyclic) bond motifs is 3. The Labute approximate surface area is 207 Å². The zero-order valence-corrected chi connectivity index (χ0v) is 21.2. The molecule has 7 heteroatoms. The van der Waals surface area contributed by atoms with Gasteiger partial charge in [0.2, 0.25) is 5.91 Å². The molecule has 0 aliphatic heterocycles. The van der Waals surface area contributed by atoms with Crippen LogP contribution in [0.1, 0.15) is 57.6 Å². The van der Waals surface area contributed by atoms with Gasteiger partial charge in [-0.1, -0.05) is 76.2 Å². The number of benzene rings is 2. The second kappa shape index (κ2) is 11.9. The number of rotatable bonds is 10. The summed E-state index contributed by atoms with van der Waals surface area (Å²) in [6.45, 7) is 8.01. The Kier molecular flexibility index (Phi) is 8.90. The van der Waals surface area contributed by atoms with Gasteiger partial charge in [0.1, 0.15) is 18.7 Å². The molecule has 0 heterocycles. The van der Waals surface area contributed by atoms with Crippen LogP contribution in [0.4, 0.5) is 4.79 Å². The molecule has 0 aromatic heterocycles. The molecule has 35 heavy (non-hydrogen) atoms. The molecule has 0 radical (unpaired) electrons. The van der Waals surface area contributed by atoms with E-state index >= 15 is 0 Å². The number of methoxy groups -OCH3 is 1. The minimum Gasteiger partial charge on any atom is -0.467 e. The maximum Gasteiger partial charge on any atom is 0.407 e. The van der Waals surface area contributed by atoms with Crippen molar-refractivity contribution in [3.8, 4) is 11.1 Å². The molecule has 3 rings (SSSR count). The van der Waals surface area contributed by atoms with Crippen molar-refractivity contribution in [3.63, 3.8) is 0 Å². The van der Waals surface area contributed by atoms with E-state index < -0.39 is 30.1 Å². The number of carbonyl (C=O) groups excluding carboxylic acids is 3. The third-order valence-electron chi connectivity index (χ3n) is 6.17. The second-order valence-electron chi connectivity index (χ2n) is 9.87. The van der Waals surface area contributed by atoms with E-state index in [4.69, 9.17) is 9.47 Å². The minimum absolute atomic E-state index is 0.0692. The van der Waals surface area contributed by atoms with Gasteiger partial charge >= 0.3 is 12.1 Å². The summed E-state index contributed by atoms with van der Waals surface area (Å²) in [5.74, 6) is -0.681. The molecule has 1 aliphatic rings. The summed E-state index contributed by atoms with van der Waals surface area (Å²) < 4.78 is 10.5. The lowest BCUT2D eigenvalue weighted by Gasteiger charge is -2.24. The number of nitrogens with one attached hydrogen (secondary N) is 2. The van der Waals surface area contributed by atoms with Crippen LogP contribution in [0.3, 0.4) is 0 Å². The van der Waals surface area contributed by atoms with Gasteiger partial charge in [0.05, 0.1) is 7.11 Å². The van der Waals surface area contributed by atoms with Crippen molar-refractivity contribution in [3.05, 3.63) is 59.7 Å². The van der Waals surface area contributed by atoms with E-state index in [1.807, 2.05) is 52.0 Å². The molecule has 2 N–H and O–H groups in total. The molecule has 2 atom stereocenters. The first-order valence-electron chi connectivity index (χ1n) is 12.2. The van der Waals surface area contributed by atoms with Crippen molar-refractivity contribution in [2.24, 2.45) is 11.8 Å². The maximum absolute atomic E-state index is 13.0. The van der Waals surface area contributed by atoms with Gasteiger partial charge in [-0.25, -0.2) is 9.59 Å². The fourth-order valence-corrected chi connectivity index (χ4v) is 4.59. The van der Waals surface area contributed by atoms with Crippen LogP contribution >= 0.6 is 0 Å². The van der Waals surface area contributed by atoms with Gasteiger partial charge in [0.25, 0.3) is 0 Å². The number of amides is 2. The minimum atomic E-state index is -0.829. The quantitative estimate of drug-likeness (QED) is 0.483. The smallest absolute Gasteiger partial charge is 0.407 e. The van der Waals surface area contributed by atoms with E-state index in [2.05, 4.69) is 34.9 Å². The van der Waals surface area contributed by atoms with E-state index in [0.717, 1.165) is 22.3 Å². The standard InChI is InChI=1S/C28H36N2O5/c1-17(2)14-24(26(31)29-25(15-18(3)4)27(32)34-5)30-28(33)35-16-23-21-12-8-6-10-19(21)20-11-7-9-13-22(20)23/h6-13,17-18,23-25H,14-16H2,1-5H3,(H,29,31)(H,30,33)/t24-,25+/m1/s1. The Balaban J connectivity index is 1.67. The highest BCUT2D eigenvalue weighted by molar-refractivity contribution is 5.89. The third kappa shape index (κ3) is 6.62. The molecule has 0 bridgehead atoms. The largest absolute Gasteiger partial charge is 0.467 e. The second-order valence-corrected chi connectivity index (χ2v) is 9.87. The number of hydrogen-bond donors (Lipinski definition) is 2. The number of carbonyl (C=O) groups is 3. The molecule has 1 aliphatic carbocycles. The highest BCUT2D eigenvalue weighted by Crippen LogP contribution is 2.44. The first kappa shape index (κ1) is 26.3. The molecule has 0 unspecified atom stereocenters. The summed E-state index contributed by atoms with van der Waals surface area (Å²) >= 11 is 0. The van der Waals surface area contributed by atoms with Gasteiger partial charge < -0.3 is 20.1 Å². The molecule has 2 amide bonds. The molecule has 0 saturated heterocycles. The summed E-state index contributed by atoms with van der Waals surface area (Å²) in [4.78, 5) is 37.9. The van der Waals surface area contributed by atoms with Crippen LogP contribution in [-0.2, 0) is 19.1 Å². The first-order chi connectivity index (χ1) is 16.7. The predicted molar refractivity (Wildman–Crippen MR) is 135 cm³/mol. The SMILES string of the molecule is COC(=O)[C@H](CC(C)C)NC(=O)[C@@H](CC(C)C)NC(=O)OCC1c2ccccc2-c2ccccc21. The zero-order valence-electron chi connectivity index (χ0n) is 21.2. The summed E-state index contributed by atoms with van der Waals surface area (Å²) in [5, 5.41) is 5.46. The van der Waals surface area contributed by atoms with Crippen LogP contribution in [0, 0.1) is 11.8 Å². The zero-order chi connectivity index (χ0) is 25.5. The van der Waals surface area contributed by atoms with Gasteiger partial charge in [-0.15, -0.1) is 0 Å². The Morgan fingerprint density at radius 3 is 1.83 bits per heavy atom. The highest BCUT2D eigenvalue weighted by atomic mass is 16.5. The number of ether oxygens (including phenoxy) is 2. The van der Waals surface area contributed by atoms with Crippen molar-refractivity contribution < 1.29 is 23.9 Å². The van der Waals surface area contributed by atoms with Crippen molar-refractivity contribution in [2.45, 2.75) is 58.5 Å². The first-order valence-corrected chi connectivity index (χ1v) is 12.2. The normalized spacial score (nSPS) is 14.1. The molecule has 188 valence electrons. The number of alkyl carbamates (subject to hydrolysis) is 1. The molecule has 0 fully saturated rings. The van der Waals surface area contributed by atoms with Crippen molar-refractivity contribution in [1.82, 2.24) is 10.6 Å². The predicted octanol–water partition coefficient (Wildman–Crippen LogP) is 4.64.